The van der Waals surface area contributed by atoms with Gasteiger partial charge in [-0.25, -0.2) is 8.42 Å². The predicted octanol–water partition coefficient (Wildman–Crippen LogP) is 3.11. The Balaban J connectivity index is 2.39. The zero-order chi connectivity index (χ0) is 15.6. The van der Waals surface area contributed by atoms with Crippen molar-refractivity contribution in [2.75, 3.05) is 0 Å². The fraction of sp³-hybridized carbons (Fsp3) is 0.385. The minimum atomic E-state index is -3.92. The van der Waals surface area contributed by atoms with Crippen LogP contribution in [-0.4, -0.2) is 23.2 Å². The van der Waals surface area contributed by atoms with Crippen LogP contribution in [0.3, 0.4) is 0 Å². The van der Waals surface area contributed by atoms with Gasteiger partial charge in [-0.3, -0.25) is 0 Å². The Morgan fingerprint density at radius 2 is 1.81 bits per heavy atom. The van der Waals surface area contributed by atoms with E-state index >= 15 is 0 Å². The normalized spacial score (nSPS) is 12.0. The number of hydrogen-bond acceptors (Lipinski definition) is 4. The molecule has 0 saturated carbocycles. The summed E-state index contributed by atoms with van der Waals surface area (Å²) in [6.45, 7) is 4.45. The maximum Gasteiger partial charge on any atom is 0.296 e. The summed E-state index contributed by atoms with van der Waals surface area (Å²) in [4.78, 5) is 0. The largest absolute Gasteiger partial charge is 0.300 e. The summed E-state index contributed by atoms with van der Waals surface area (Å²) in [5, 5.41) is 8.13. The minimum absolute atomic E-state index is 0.207. The van der Waals surface area contributed by atoms with Crippen LogP contribution in [0.2, 0.25) is 5.02 Å². The fourth-order valence-corrected chi connectivity index (χ4v) is 3.01. The average molecular weight is 348 g/mol. The van der Waals surface area contributed by atoms with Gasteiger partial charge in [-0.15, -0.1) is 10.2 Å². The molecule has 5 nitrogen and oxygen atoms in total. The van der Waals surface area contributed by atoms with E-state index in [-0.39, 0.29) is 11.1 Å². The molecule has 0 amide bonds. The van der Waals surface area contributed by atoms with Crippen molar-refractivity contribution in [2.45, 2.75) is 32.0 Å². The molecule has 2 aromatic rings. The third-order valence-corrected chi connectivity index (χ3v) is 4.24. The van der Waals surface area contributed by atoms with Crippen molar-refractivity contribution >= 4 is 31.3 Å². The van der Waals surface area contributed by atoms with Gasteiger partial charge in [0.15, 0.2) is 0 Å². The predicted molar refractivity (Wildman–Crippen MR) is 82.2 cm³/mol. The van der Waals surface area contributed by atoms with E-state index in [0.29, 0.717) is 23.8 Å². The highest BCUT2D eigenvalue weighted by atomic mass is 35.7. The first-order valence-electron chi connectivity index (χ1n) is 6.38. The zero-order valence-electron chi connectivity index (χ0n) is 11.6. The maximum atomic E-state index is 11.6. The highest BCUT2D eigenvalue weighted by Gasteiger charge is 2.23. The van der Waals surface area contributed by atoms with E-state index < -0.39 is 9.05 Å². The minimum Gasteiger partial charge on any atom is -0.300 e. The van der Waals surface area contributed by atoms with Gasteiger partial charge in [0.2, 0.25) is 0 Å². The van der Waals surface area contributed by atoms with Gasteiger partial charge in [-0.1, -0.05) is 37.6 Å². The first-order valence-corrected chi connectivity index (χ1v) is 9.07. The smallest absolute Gasteiger partial charge is 0.296 e. The molecule has 1 aromatic carbocycles. The van der Waals surface area contributed by atoms with Crippen molar-refractivity contribution in [3.05, 3.63) is 40.7 Å². The lowest BCUT2D eigenvalue weighted by molar-refractivity contribution is 0.474. The topological polar surface area (TPSA) is 64.8 Å². The molecule has 0 radical (unpaired) electrons. The zero-order valence-corrected chi connectivity index (χ0v) is 14.0. The Morgan fingerprint density at radius 3 is 2.33 bits per heavy atom. The Kier molecular flexibility index (Phi) is 4.91. The van der Waals surface area contributed by atoms with E-state index in [2.05, 4.69) is 10.2 Å². The monoisotopic (exact) mass is 347 g/mol. The quantitative estimate of drug-likeness (QED) is 0.779. The average Bonchev–Trinajstić information content (AvgIpc) is 2.74. The lowest BCUT2D eigenvalue weighted by atomic mass is 10.1. The van der Waals surface area contributed by atoms with Crippen molar-refractivity contribution in [3.8, 4) is 0 Å². The summed E-state index contributed by atoms with van der Waals surface area (Å²) in [7, 11) is 1.50. The molecule has 2 rings (SSSR count). The van der Waals surface area contributed by atoms with Crippen LogP contribution in [-0.2, 0) is 22.0 Å². The Hall–Kier alpha value is -1.11. The summed E-state index contributed by atoms with van der Waals surface area (Å²) in [6.07, 6.45) is 0.462. The van der Waals surface area contributed by atoms with Crippen LogP contribution in [0, 0.1) is 5.92 Å². The van der Waals surface area contributed by atoms with Crippen molar-refractivity contribution < 1.29 is 8.42 Å². The molecular weight excluding hydrogens is 333 g/mol. The lowest BCUT2D eigenvalue weighted by Crippen LogP contribution is -2.13. The van der Waals surface area contributed by atoms with Crippen LogP contribution in [0.4, 0.5) is 0 Å². The van der Waals surface area contributed by atoms with Gasteiger partial charge in [0.1, 0.15) is 5.82 Å². The molecule has 0 atom stereocenters. The van der Waals surface area contributed by atoms with E-state index in [4.69, 9.17) is 22.3 Å². The Bertz CT molecular complexity index is 724. The molecule has 0 spiro atoms. The summed E-state index contributed by atoms with van der Waals surface area (Å²) in [5.41, 5.74) is 0.968. The van der Waals surface area contributed by atoms with E-state index in [9.17, 15) is 8.42 Å². The van der Waals surface area contributed by atoms with Gasteiger partial charge in [0.05, 0.1) is 0 Å². The third-order valence-electron chi connectivity index (χ3n) is 2.83. The van der Waals surface area contributed by atoms with Gasteiger partial charge >= 0.3 is 0 Å². The van der Waals surface area contributed by atoms with Gasteiger partial charge < -0.3 is 4.57 Å². The highest BCUT2D eigenvalue weighted by molar-refractivity contribution is 8.13. The second-order valence-electron chi connectivity index (χ2n) is 5.14. The van der Waals surface area contributed by atoms with Crippen LogP contribution in [0.5, 0.6) is 0 Å². The molecule has 114 valence electrons. The first-order chi connectivity index (χ1) is 9.77. The molecule has 0 saturated heterocycles. The summed E-state index contributed by atoms with van der Waals surface area (Å²) < 4.78 is 24.7. The molecule has 0 aliphatic heterocycles. The summed E-state index contributed by atoms with van der Waals surface area (Å²) in [5.74, 6) is 0.799. The Morgan fingerprint density at radius 1 is 1.19 bits per heavy atom. The van der Waals surface area contributed by atoms with Crippen LogP contribution in [0.1, 0.15) is 25.2 Å². The lowest BCUT2D eigenvalue weighted by Gasteiger charge is -2.11. The molecule has 0 unspecified atom stereocenters. The van der Waals surface area contributed by atoms with Crippen LogP contribution < -0.4 is 0 Å². The molecule has 1 aromatic heterocycles. The fourth-order valence-electron chi connectivity index (χ4n) is 1.96. The Labute approximate surface area is 133 Å². The van der Waals surface area contributed by atoms with Crippen molar-refractivity contribution in [3.63, 3.8) is 0 Å². The van der Waals surface area contributed by atoms with E-state index in [0.717, 1.165) is 5.56 Å². The van der Waals surface area contributed by atoms with Crippen molar-refractivity contribution in [1.82, 2.24) is 14.8 Å². The van der Waals surface area contributed by atoms with Gasteiger partial charge in [0.25, 0.3) is 14.2 Å². The third kappa shape index (κ3) is 4.18. The number of benzene rings is 1. The second-order valence-corrected chi connectivity index (χ2v) is 8.04. The van der Waals surface area contributed by atoms with E-state index in [1.54, 1.807) is 16.7 Å². The molecule has 0 aliphatic rings. The van der Waals surface area contributed by atoms with Crippen molar-refractivity contribution in [1.29, 1.82) is 0 Å². The van der Waals surface area contributed by atoms with Crippen LogP contribution in [0.15, 0.2) is 29.4 Å². The number of hydrogen-bond donors (Lipinski definition) is 0. The number of nitrogens with zero attached hydrogens (tertiary/aromatic N) is 3. The molecule has 21 heavy (non-hydrogen) atoms. The number of halogens is 2. The SMILES string of the molecule is CC(C)Cn1c(Cc2ccc(Cl)cc2)nnc1S(=O)(=O)Cl. The van der Waals surface area contributed by atoms with Crippen LogP contribution in [0.25, 0.3) is 0 Å². The van der Waals surface area contributed by atoms with Crippen LogP contribution >= 0.6 is 22.3 Å². The molecular formula is C13H15Cl2N3O2S. The van der Waals surface area contributed by atoms with Gasteiger partial charge in [-0.2, -0.15) is 0 Å². The summed E-state index contributed by atoms with van der Waals surface area (Å²) in [6, 6.07) is 7.29. The second kappa shape index (κ2) is 6.34. The standard InChI is InChI=1S/C13H15Cl2N3O2S/c1-9(2)8-18-12(16-17-13(18)21(15,19)20)7-10-3-5-11(14)6-4-10/h3-6,9H,7-8H2,1-2H3. The molecule has 0 bridgehead atoms. The maximum absolute atomic E-state index is 11.6. The number of aromatic nitrogens is 3. The molecule has 0 N–H and O–H groups in total. The van der Waals surface area contributed by atoms with Crippen molar-refractivity contribution in [2.24, 2.45) is 5.92 Å². The van der Waals surface area contributed by atoms with E-state index in [1.165, 1.54) is 0 Å². The molecule has 1 heterocycles. The van der Waals surface area contributed by atoms with Gasteiger partial charge in [0, 0.05) is 28.7 Å². The number of rotatable bonds is 5. The van der Waals surface area contributed by atoms with Gasteiger partial charge in [-0.05, 0) is 23.6 Å². The van der Waals surface area contributed by atoms with E-state index in [1.807, 2.05) is 26.0 Å². The summed E-state index contributed by atoms with van der Waals surface area (Å²) >= 11 is 5.85. The highest BCUT2D eigenvalue weighted by Crippen LogP contribution is 2.19. The molecule has 8 heteroatoms. The first kappa shape index (κ1) is 16.3. The molecule has 0 fully saturated rings. The molecule has 0 aliphatic carbocycles.